The largest absolute Gasteiger partial charge is 0.508 e. The Bertz CT molecular complexity index is 1920. The molecular formula is C34H35F3N6O4. The van der Waals surface area contributed by atoms with E-state index in [1.807, 2.05) is 0 Å². The van der Waals surface area contributed by atoms with Gasteiger partial charge in [-0.1, -0.05) is 6.07 Å². The number of hydrogen-bond acceptors (Lipinski definition) is 9. The highest BCUT2D eigenvalue weighted by molar-refractivity contribution is 6.01. The fourth-order valence-corrected chi connectivity index (χ4v) is 7.96. The minimum atomic E-state index is -1.34. The number of anilines is 1. The lowest BCUT2D eigenvalue weighted by molar-refractivity contribution is 0.120. The van der Waals surface area contributed by atoms with Crippen LogP contribution >= 0.6 is 0 Å². The fourth-order valence-electron chi connectivity index (χ4n) is 7.96. The van der Waals surface area contributed by atoms with Crippen LogP contribution in [0.15, 0.2) is 30.5 Å². The molecule has 4 aromatic rings. The first-order valence-electron chi connectivity index (χ1n) is 16.1. The molecule has 2 N–H and O–H groups in total. The molecule has 7 heterocycles. The highest BCUT2D eigenvalue weighted by Gasteiger charge is 2.45. The molecule has 246 valence electrons. The van der Waals surface area contributed by atoms with Gasteiger partial charge in [-0.05, 0) is 80.2 Å². The van der Waals surface area contributed by atoms with Gasteiger partial charge in [0, 0.05) is 36.7 Å². The van der Waals surface area contributed by atoms with Gasteiger partial charge in [0.25, 0.3) is 0 Å². The van der Waals surface area contributed by atoms with E-state index in [1.165, 1.54) is 30.5 Å². The zero-order valence-electron chi connectivity index (χ0n) is 26.0. The van der Waals surface area contributed by atoms with E-state index in [9.17, 15) is 9.90 Å². The molecule has 0 saturated carbocycles. The number of alkyl halides is 1. The molecule has 3 fully saturated rings. The highest BCUT2D eigenvalue weighted by atomic mass is 19.1. The lowest BCUT2D eigenvalue weighted by atomic mass is 9.86. The Morgan fingerprint density at radius 2 is 2.00 bits per heavy atom. The number of hydrogen-bond donors (Lipinski definition) is 2. The Morgan fingerprint density at radius 1 is 1.17 bits per heavy atom. The van der Waals surface area contributed by atoms with Crippen molar-refractivity contribution in [3.05, 3.63) is 47.7 Å². The van der Waals surface area contributed by atoms with E-state index in [1.54, 1.807) is 11.8 Å². The number of aromatic hydroxyl groups is 1. The van der Waals surface area contributed by atoms with Crippen molar-refractivity contribution in [1.82, 2.24) is 25.2 Å². The Labute approximate surface area is 268 Å². The molecule has 5 aliphatic heterocycles. The summed E-state index contributed by atoms with van der Waals surface area (Å²) in [6, 6.07) is 5.59. The average Bonchev–Trinajstić information content (AvgIpc) is 3.63. The van der Waals surface area contributed by atoms with Crippen molar-refractivity contribution in [1.29, 1.82) is 0 Å². The van der Waals surface area contributed by atoms with Gasteiger partial charge in [0.15, 0.2) is 5.82 Å². The molecule has 0 aliphatic carbocycles. The Morgan fingerprint density at radius 3 is 2.79 bits per heavy atom. The molecule has 2 atom stereocenters. The van der Waals surface area contributed by atoms with Crippen molar-refractivity contribution in [3.8, 4) is 23.0 Å². The molecule has 9 rings (SSSR count). The summed E-state index contributed by atoms with van der Waals surface area (Å²) in [6.07, 6.45) is 1.78. The van der Waals surface area contributed by atoms with Gasteiger partial charge in [0.1, 0.15) is 34.8 Å². The first kappa shape index (κ1) is 30.0. The summed E-state index contributed by atoms with van der Waals surface area (Å²) in [5.41, 5.74) is -0.855. The molecule has 8 bridgehead atoms. The van der Waals surface area contributed by atoms with Crippen LogP contribution in [0.2, 0.25) is 0 Å². The van der Waals surface area contributed by atoms with Gasteiger partial charge in [-0.3, -0.25) is 4.98 Å². The zero-order chi connectivity index (χ0) is 32.5. The van der Waals surface area contributed by atoms with Gasteiger partial charge < -0.3 is 29.7 Å². The topological polar surface area (TPSA) is 113 Å². The normalized spacial score (nSPS) is 27.3. The van der Waals surface area contributed by atoms with Crippen molar-refractivity contribution in [2.24, 2.45) is 5.41 Å². The summed E-state index contributed by atoms with van der Waals surface area (Å²) >= 11 is 0. The van der Waals surface area contributed by atoms with Gasteiger partial charge in [-0.25, -0.2) is 18.0 Å². The number of carbonyl (C=O) groups excluding carboxylic acids is 1. The number of rotatable bonds is 3. The second-order valence-electron chi connectivity index (χ2n) is 13.8. The third kappa shape index (κ3) is 5.34. The van der Waals surface area contributed by atoms with Crippen molar-refractivity contribution < 1.29 is 32.5 Å². The smallest absolute Gasteiger partial charge is 0.407 e. The van der Waals surface area contributed by atoms with Crippen LogP contribution in [0.3, 0.4) is 0 Å². The number of aromatic nitrogens is 3. The highest BCUT2D eigenvalue weighted by Crippen LogP contribution is 2.42. The maximum Gasteiger partial charge on any atom is 0.407 e. The molecular weight excluding hydrogens is 613 g/mol. The van der Waals surface area contributed by atoms with Crippen LogP contribution in [0.5, 0.6) is 11.8 Å². The zero-order valence-corrected chi connectivity index (χ0v) is 26.0. The van der Waals surface area contributed by atoms with Crippen LogP contribution in [0, 0.1) is 17.0 Å². The number of benzene rings is 2. The van der Waals surface area contributed by atoms with Crippen molar-refractivity contribution in [2.45, 2.75) is 50.7 Å². The molecule has 2 aromatic heterocycles. The Hall–Kier alpha value is -4.39. The van der Waals surface area contributed by atoms with E-state index in [-0.39, 0.29) is 89.7 Å². The number of pyridine rings is 1. The van der Waals surface area contributed by atoms with Crippen LogP contribution in [0.25, 0.3) is 32.9 Å². The number of aryl methyl sites for hydroxylation is 1. The monoisotopic (exact) mass is 648 g/mol. The second-order valence-corrected chi connectivity index (χ2v) is 13.8. The van der Waals surface area contributed by atoms with Crippen molar-refractivity contribution in [3.63, 3.8) is 0 Å². The molecule has 3 saturated heterocycles. The quantitative estimate of drug-likeness (QED) is 0.306. The average molecular weight is 649 g/mol. The minimum absolute atomic E-state index is 0.0283. The maximum atomic E-state index is 16.9. The van der Waals surface area contributed by atoms with E-state index in [0.29, 0.717) is 17.4 Å². The number of ether oxygens (including phenoxy) is 2. The van der Waals surface area contributed by atoms with Gasteiger partial charge >= 0.3 is 12.1 Å². The number of halogens is 3. The molecule has 5 aliphatic rings. The predicted octanol–water partition coefficient (Wildman–Crippen LogP) is 5.28. The van der Waals surface area contributed by atoms with Crippen LogP contribution in [-0.4, -0.2) is 88.7 Å². The number of amides is 1. The first-order chi connectivity index (χ1) is 22.6. The van der Waals surface area contributed by atoms with E-state index < -0.39 is 29.4 Å². The minimum Gasteiger partial charge on any atom is -0.508 e. The van der Waals surface area contributed by atoms with Gasteiger partial charge in [0.2, 0.25) is 0 Å². The van der Waals surface area contributed by atoms with E-state index in [4.69, 9.17) is 14.5 Å². The third-order valence-electron chi connectivity index (χ3n) is 10.2. The molecule has 13 heteroatoms. The standard InChI is InChI=1S/C34H35F3N6O4/c1-33-13-20(35)15-43(16-33)30-24-14-38-28(27(37)29(24)39-31(40-30)47-18-34-6-8-42(17-34)9-7-34)23-12-21(44)11-19-4-5-25(36)22(26(19)23)3-2-10-46-32(45)41-33/h4-5,11-12,14,20,44H,2-3,6-10,13,15-18H2,1H3,(H,41,45)/t20-,33-/m1/s1. The molecule has 0 unspecified atom stereocenters. The number of carbonyl (C=O) groups is 1. The van der Waals surface area contributed by atoms with Gasteiger partial charge in [0.05, 0.1) is 30.7 Å². The Balaban J connectivity index is 1.33. The summed E-state index contributed by atoms with van der Waals surface area (Å²) in [5.74, 6) is -1.25. The predicted molar refractivity (Wildman–Crippen MR) is 168 cm³/mol. The number of nitrogens with zero attached hydrogens (tertiary/aromatic N) is 5. The van der Waals surface area contributed by atoms with E-state index >= 15 is 13.2 Å². The number of phenols is 1. The number of nitrogens with one attached hydrogen (secondary N) is 1. The lowest BCUT2D eigenvalue weighted by Crippen LogP contribution is -2.60. The first-order valence-corrected chi connectivity index (χ1v) is 16.1. The summed E-state index contributed by atoms with van der Waals surface area (Å²) in [5, 5.41) is 14.6. The van der Waals surface area contributed by atoms with Crippen LogP contribution < -0.4 is 15.0 Å². The number of alkyl carbamates (subject to hydrolysis) is 1. The number of piperidine rings is 2. The van der Waals surface area contributed by atoms with Crippen LogP contribution in [0.4, 0.5) is 23.8 Å². The van der Waals surface area contributed by atoms with Gasteiger partial charge in [-0.15, -0.1) is 0 Å². The van der Waals surface area contributed by atoms with Gasteiger partial charge in [-0.2, -0.15) is 9.97 Å². The lowest BCUT2D eigenvalue weighted by Gasteiger charge is -2.42. The SMILES string of the molecule is C[C@@]12C[C@@H](F)CN(C1)c1nc(OCC34CCN(CC3)C4)nc3c(F)c(ncc13)-c1cc(O)cc3ccc(F)c(c13)CCCOC(=O)N2. The Kier molecular flexibility index (Phi) is 7.08. The fraction of sp³-hybridized carbons (Fsp3) is 0.471. The third-order valence-corrected chi connectivity index (χ3v) is 10.2. The summed E-state index contributed by atoms with van der Waals surface area (Å²) in [4.78, 5) is 30.7. The number of phenolic OH excluding ortho intramolecular Hbond substituents is 1. The van der Waals surface area contributed by atoms with Crippen LogP contribution in [0.1, 0.15) is 38.2 Å². The van der Waals surface area contributed by atoms with Crippen molar-refractivity contribution >= 4 is 33.6 Å². The van der Waals surface area contributed by atoms with Crippen molar-refractivity contribution in [2.75, 3.05) is 50.8 Å². The summed E-state index contributed by atoms with van der Waals surface area (Å²) in [6.45, 7) is 5.05. The summed E-state index contributed by atoms with van der Waals surface area (Å²) in [7, 11) is 0. The molecule has 47 heavy (non-hydrogen) atoms. The van der Waals surface area contributed by atoms with Crippen LogP contribution in [-0.2, 0) is 11.2 Å². The molecule has 10 nitrogen and oxygen atoms in total. The summed E-state index contributed by atoms with van der Waals surface area (Å²) < 4.78 is 59.4. The molecule has 0 spiro atoms. The molecule has 1 amide bonds. The maximum absolute atomic E-state index is 16.9. The van der Waals surface area contributed by atoms with E-state index in [0.717, 1.165) is 32.5 Å². The van der Waals surface area contributed by atoms with E-state index in [2.05, 4.69) is 20.2 Å². The molecule has 2 aromatic carbocycles. The number of fused-ring (bicyclic) bond motifs is 8. The molecule has 0 radical (unpaired) electrons. The second kappa shape index (κ2) is 11.1.